The van der Waals surface area contributed by atoms with Gasteiger partial charge in [-0.2, -0.15) is 0 Å². The van der Waals surface area contributed by atoms with Crippen molar-refractivity contribution in [1.29, 1.82) is 0 Å². The maximum absolute atomic E-state index is 9.81. The normalized spacial score (nSPS) is 14.8. The Labute approximate surface area is 593 Å². The van der Waals surface area contributed by atoms with E-state index in [1.807, 2.05) is 103 Å². The lowest BCUT2D eigenvalue weighted by Gasteiger charge is -2.45. The van der Waals surface area contributed by atoms with E-state index in [0.29, 0.717) is 16.9 Å². The van der Waals surface area contributed by atoms with E-state index in [1.165, 1.54) is 0 Å². The van der Waals surface area contributed by atoms with Crippen LogP contribution in [0.2, 0.25) is 0 Å². The largest absolute Gasteiger partial charge is 0.456 e. The number of hydrogen-bond donors (Lipinski definition) is 0. The lowest BCUT2D eigenvalue weighted by atomic mass is 9.33. The van der Waals surface area contributed by atoms with Crippen LogP contribution in [-0.4, -0.2) is 11.3 Å². The average molecular weight is 1290 g/mol. The summed E-state index contributed by atoms with van der Waals surface area (Å²) in [5, 5.41) is 3.89. The van der Waals surface area contributed by atoms with Gasteiger partial charge in [0.25, 0.3) is 6.71 Å². The second-order valence-corrected chi connectivity index (χ2v) is 28.8. The molecule has 466 valence electrons. The van der Waals surface area contributed by atoms with Gasteiger partial charge < -0.3 is 18.8 Å². The van der Waals surface area contributed by atoms with Crippen LogP contribution in [0.15, 0.2) is 307 Å². The predicted molar refractivity (Wildman–Crippen MR) is 420 cm³/mol. The number of aromatic nitrogens is 1. The van der Waals surface area contributed by atoms with Gasteiger partial charge in [-0.05, 0) is 156 Å². The predicted octanol–water partition coefficient (Wildman–Crippen LogP) is 24.1. The first-order valence-corrected chi connectivity index (χ1v) is 34.0. The molecule has 19 rings (SSSR count). The van der Waals surface area contributed by atoms with Crippen molar-refractivity contribution in [2.24, 2.45) is 0 Å². The highest BCUT2D eigenvalue weighted by Crippen LogP contribution is 2.54. The molecule has 0 N–H and O–H groups in total. The first kappa shape index (κ1) is 45.9. The van der Waals surface area contributed by atoms with E-state index in [0.717, 1.165) is 143 Å². The fraction of sp³-hybridized carbons (Fsp3) is 0.0870. The van der Waals surface area contributed by atoms with Gasteiger partial charge in [0.05, 0.1) is 44.9 Å². The lowest BCUT2D eigenvalue weighted by molar-refractivity contribution is 0.569. The van der Waals surface area contributed by atoms with Crippen LogP contribution < -0.4 is 26.2 Å². The molecule has 0 atom stereocenters. The molecule has 0 saturated carbocycles. The molecule has 0 spiro atoms. The van der Waals surface area contributed by atoms with Crippen molar-refractivity contribution in [2.45, 2.75) is 52.4 Å². The van der Waals surface area contributed by atoms with Crippen molar-refractivity contribution in [3.8, 4) is 61.3 Å². The molecule has 0 fully saturated rings. The molecule has 6 heteroatoms. The number of nitrogens with zero attached hydrogens (tertiary/aromatic N) is 3. The third-order valence-corrected chi connectivity index (χ3v) is 21.3. The molecule has 5 heterocycles. The molecule has 0 radical (unpaired) electrons. The number of hydrogen-bond acceptors (Lipinski definition) is 4. The van der Waals surface area contributed by atoms with Crippen molar-refractivity contribution >= 4 is 132 Å². The number of benzene rings is 14. The summed E-state index contributed by atoms with van der Waals surface area (Å²) in [5.41, 5.74) is 18.6. The summed E-state index contributed by atoms with van der Waals surface area (Å²) in [7, 11) is 0. The number of fused-ring (bicyclic) bond motifs is 13. The van der Waals surface area contributed by atoms with Crippen LogP contribution >= 0.6 is 11.3 Å². The van der Waals surface area contributed by atoms with Crippen LogP contribution in [-0.2, 0) is 10.8 Å². The van der Waals surface area contributed by atoms with Gasteiger partial charge in [-0.15, -0.1) is 11.3 Å². The van der Waals surface area contributed by atoms with E-state index in [4.69, 9.17) is 11.3 Å². The van der Waals surface area contributed by atoms with E-state index in [1.54, 1.807) is 15.9 Å². The van der Waals surface area contributed by atoms with Crippen LogP contribution in [0.1, 0.15) is 70.5 Å². The molecule has 4 nitrogen and oxygen atoms in total. The fourth-order valence-electron chi connectivity index (χ4n) is 15.3. The SMILES string of the molecule is [2H]c1c([2H])c([2H])c(-c2ccc3c(c2)B2c4ccc(-n5c6c([2H])c([2H])c([2H])c([2H])c6c6c([2H])c([2H])c([2H])c([2H])c65)cc4N(c4cccc5c4sc4c(-c6cccc7oc8ccccc8c67)cccc45)c4cc(-c5cc(C(C)(C)C)cc(C(C)(C)C)c5)cc(c42)N3c2ccc(-c3ccccc3)cc2-c2ccccc2)c([2H])c1[2H]. The summed E-state index contributed by atoms with van der Waals surface area (Å²) in [6.07, 6.45) is 0. The van der Waals surface area contributed by atoms with Crippen LogP contribution in [0, 0.1) is 0 Å². The van der Waals surface area contributed by atoms with Gasteiger partial charge >= 0.3 is 0 Å². The zero-order chi connectivity index (χ0) is 77.0. The molecule has 0 aliphatic carbocycles. The van der Waals surface area contributed by atoms with E-state index >= 15 is 0 Å². The average Bonchev–Trinajstić information content (AvgIpc) is 1.65. The van der Waals surface area contributed by atoms with Gasteiger partial charge in [0.15, 0.2) is 0 Å². The summed E-state index contributed by atoms with van der Waals surface area (Å²) in [6, 6.07) is 71.6. The minimum absolute atomic E-state index is 0.0300. The fourth-order valence-corrected chi connectivity index (χ4v) is 16.6. The highest BCUT2D eigenvalue weighted by molar-refractivity contribution is 7.27. The molecule has 17 aromatic rings. The van der Waals surface area contributed by atoms with Gasteiger partial charge in [0.1, 0.15) is 11.2 Å². The zero-order valence-electron chi connectivity index (χ0n) is 67.6. The molecular weight excluding hydrogens is 1210 g/mol. The van der Waals surface area contributed by atoms with Crippen molar-refractivity contribution < 1.29 is 22.2 Å². The third-order valence-electron chi connectivity index (χ3n) is 20.0. The lowest BCUT2D eigenvalue weighted by Crippen LogP contribution is -2.61. The van der Waals surface area contributed by atoms with Crippen molar-refractivity contribution in [3.63, 3.8) is 0 Å². The quantitative estimate of drug-likeness (QED) is 0.142. The molecule has 2 aliphatic rings. The highest BCUT2D eigenvalue weighted by Gasteiger charge is 2.45. The van der Waals surface area contributed by atoms with E-state index < -0.39 is 73.2 Å². The van der Waals surface area contributed by atoms with Crippen LogP contribution in [0.3, 0.4) is 0 Å². The monoisotopic (exact) mass is 1290 g/mol. The number of anilines is 6. The molecule has 2 aliphatic heterocycles. The van der Waals surface area contributed by atoms with Crippen molar-refractivity contribution in [1.82, 2.24) is 4.57 Å². The maximum Gasteiger partial charge on any atom is 0.252 e. The van der Waals surface area contributed by atoms with E-state index in [9.17, 15) is 11.0 Å². The smallest absolute Gasteiger partial charge is 0.252 e. The molecule has 0 saturated heterocycles. The van der Waals surface area contributed by atoms with Gasteiger partial charge in [0.2, 0.25) is 0 Å². The summed E-state index contributed by atoms with van der Waals surface area (Å²) in [5.74, 6) is 0. The second-order valence-electron chi connectivity index (χ2n) is 27.8. The van der Waals surface area contributed by atoms with Gasteiger partial charge in [-0.25, -0.2) is 0 Å². The van der Waals surface area contributed by atoms with Crippen molar-refractivity contribution in [3.05, 3.63) is 314 Å². The zero-order valence-corrected chi connectivity index (χ0v) is 55.4. The number of furan rings is 1. The van der Waals surface area contributed by atoms with Gasteiger partial charge in [0, 0.05) is 76.6 Å². The van der Waals surface area contributed by atoms with E-state index in [-0.39, 0.29) is 50.3 Å². The minimum Gasteiger partial charge on any atom is -0.456 e. The highest BCUT2D eigenvalue weighted by atomic mass is 32.1. The Morgan fingerprint density at radius 1 is 0.347 bits per heavy atom. The number of para-hydroxylation sites is 3. The first-order chi connectivity index (χ1) is 53.3. The molecule has 98 heavy (non-hydrogen) atoms. The standard InChI is InChI=1S/C92H68BN3OS/c1-91(2,3)64-49-62(50-65(55-64)92(4,5)6)63-53-83-88-84(54-63)96(81-40-23-37-72-71-36-22-35-70(89(71)98-90(72)81)69-34-24-42-86-87(69)73-33-18-21-41-85(73)97-86)82-56-66(94-77-38-19-16-31-67(77)68-32-17-20-39-78(68)94)45-46-75(82)93(88)76-52-61(58-27-12-8-13-28-58)44-48-80(76)95(83)79-47-43-60(57-25-10-7-11-26-57)51-74(79)59-29-14-9-15-30-59/h7-56H,1-6H3/i8D,12D,13D,16D,17D,19D,20D,27D,28D,31D,32D,38D,39D. The molecule has 14 aromatic carbocycles. The Kier molecular flexibility index (Phi) is 10.3. The Hall–Kier alpha value is -11.4. The van der Waals surface area contributed by atoms with Crippen LogP contribution in [0.4, 0.5) is 34.1 Å². The molecule has 0 unspecified atom stereocenters. The number of thiophene rings is 1. The minimum atomic E-state index is -0.735. The van der Waals surface area contributed by atoms with Gasteiger partial charge in [-0.3, -0.25) is 0 Å². The summed E-state index contributed by atoms with van der Waals surface area (Å²) in [4.78, 5) is 4.66. The van der Waals surface area contributed by atoms with Crippen molar-refractivity contribution in [2.75, 3.05) is 9.80 Å². The van der Waals surface area contributed by atoms with E-state index in [2.05, 4.69) is 173 Å². The number of rotatable bonds is 8. The Morgan fingerprint density at radius 3 is 1.63 bits per heavy atom. The molecule has 0 amide bonds. The third kappa shape index (κ3) is 9.11. The maximum atomic E-state index is 9.81. The first-order valence-electron chi connectivity index (χ1n) is 39.7. The van der Waals surface area contributed by atoms with Gasteiger partial charge in [-0.1, -0.05) is 272 Å². The summed E-state index contributed by atoms with van der Waals surface area (Å²) in [6.45, 7) is 12.7. The summed E-state index contributed by atoms with van der Waals surface area (Å²) >= 11 is 1.68. The molecular formula is C92H68BN3OS. The Bertz CT molecular complexity index is 6800. The second kappa shape index (κ2) is 22.1. The summed E-state index contributed by atoms with van der Waals surface area (Å²) < 4.78 is 131. The topological polar surface area (TPSA) is 24.6 Å². The van der Waals surface area contributed by atoms with Crippen LogP contribution in [0.25, 0.3) is 125 Å². The molecule has 0 bridgehead atoms. The van der Waals surface area contributed by atoms with Crippen LogP contribution in [0.5, 0.6) is 0 Å². The Morgan fingerprint density at radius 2 is 0.918 bits per heavy atom. The Balaban J connectivity index is 0.995. The molecule has 3 aromatic heterocycles.